The molecule has 2 N–H and O–H groups in total. The van der Waals surface area contributed by atoms with Gasteiger partial charge in [0.1, 0.15) is 0 Å². The lowest BCUT2D eigenvalue weighted by Gasteiger charge is -2.23. The average molecular weight is 338 g/mol. The van der Waals surface area contributed by atoms with Gasteiger partial charge in [0.2, 0.25) is 0 Å². The molecule has 2 aromatic rings. The number of tetrazole rings is 1. The fourth-order valence-corrected chi connectivity index (χ4v) is 2.94. The number of anilines is 1. The summed E-state index contributed by atoms with van der Waals surface area (Å²) in [6.07, 6.45) is 2.06. The second-order valence-electron chi connectivity index (χ2n) is 4.99. The van der Waals surface area contributed by atoms with E-state index in [1.807, 2.05) is 23.7 Å². The summed E-state index contributed by atoms with van der Waals surface area (Å²) in [6.45, 7) is 3.45. The Morgan fingerprint density at radius 1 is 1.45 bits per heavy atom. The van der Waals surface area contributed by atoms with E-state index in [9.17, 15) is 0 Å². The normalized spacial score (nSPS) is 19.2. The Morgan fingerprint density at radius 2 is 2.30 bits per heavy atom. The molecule has 0 saturated carbocycles. The first-order valence-corrected chi connectivity index (χ1v) is 7.37. The molecule has 1 aliphatic heterocycles. The van der Waals surface area contributed by atoms with Crippen LogP contribution < -0.4 is 5.73 Å². The van der Waals surface area contributed by atoms with E-state index < -0.39 is 0 Å². The van der Waals surface area contributed by atoms with Gasteiger partial charge in [0, 0.05) is 22.3 Å². The van der Waals surface area contributed by atoms with Crippen LogP contribution in [0.25, 0.3) is 11.4 Å². The molecule has 3 rings (SSSR count). The number of nitrogens with zero attached hydrogens (tertiary/aromatic N) is 4. The third-order valence-electron chi connectivity index (χ3n) is 3.63. The van der Waals surface area contributed by atoms with Crippen LogP contribution in [-0.2, 0) is 4.74 Å². The number of nitrogen functional groups attached to an aromatic ring is 1. The molecule has 0 amide bonds. The van der Waals surface area contributed by atoms with Crippen molar-refractivity contribution in [1.82, 2.24) is 20.2 Å². The highest BCUT2D eigenvalue weighted by Gasteiger charge is 2.22. The molecular weight excluding hydrogens is 322 g/mol. The minimum atomic E-state index is 0.188. The van der Waals surface area contributed by atoms with Crippen molar-refractivity contribution in [3.05, 3.63) is 22.2 Å². The van der Waals surface area contributed by atoms with Crippen LogP contribution in [0.5, 0.6) is 0 Å². The summed E-state index contributed by atoms with van der Waals surface area (Å²) in [7, 11) is 0. The number of benzene rings is 1. The van der Waals surface area contributed by atoms with Gasteiger partial charge in [-0.25, -0.2) is 4.68 Å². The zero-order chi connectivity index (χ0) is 14.1. The molecule has 1 aliphatic rings. The van der Waals surface area contributed by atoms with Crippen molar-refractivity contribution >= 4 is 21.6 Å². The van der Waals surface area contributed by atoms with Gasteiger partial charge >= 0.3 is 0 Å². The molecule has 1 unspecified atom stereocenters. The molecule has 106 valence electrons. The van der Waals surface area contributed by atoms with Crippen LogP contribution in [0.4, 0.5) is 5.69 Å². The molecule has 1 fully saturated rings. The molecule has 1 aromatic heterocycles. The van der Waals surface area contributed by atoms with Gasteiger partial charge in [-0.15, -0.1) is 5.10 Å². The monoisotopic (exact) mass is 337 g/mol. The molecule has 20 heavy (non-hydrogen) atoms. The number of hydrogen-bond acceptors (Lipinski definition) is 5. The summed E-state index contributed by atoms with van der Waals surface area (Å²) in [4.78, 5) is 0. The summed E-state index contributed by atoms with van der Waals surface area (Å²) in [5.74, 6) is 0.742. The maximum absolute atomic E-state index is 6.02. The van der Waals surface area contributed by atoms with Crippen molar-refractivity contribution in [2.75, 3.05) is 18.9 Å². The van der Waals surface area contributed by atoms with Crippen molar-refractivity contribution < 1.29 is 4.74 Å². The molecule has 1 saturated heterocycles. The molecule has 1 aromatic carbocycles. The Balaban J connectivity index is 2.05. The number of rotatable bonds is 2. The number of ether oxygens (including phenoxy) is 1. The Labute approximate surface area is 125 Å². The van der Waals surface area contributed by atoms with Crippen LogP contribution in [-0.4, -0.2) is 33.4 Å². The van der Waals surface area contributed by atoms with Crippen LogP contribution in [0.15, 0.2) is 16.6 Å². The summed E-state index contributed by atoms with van der Waals surface area (Å²) >= 11 is 3.47. The second kappa shape index (κ2) is 5.49. The predicted octanol–water partition coefficient (Wildman–Crippen LogP) is 2.34. The molecule has 0 aliphatic carbocycles. The van der Waals surface area contributed by atoms with Crippen molar-refractivity contribution in [1.29, 1.82) is 0 Å². The SMILES string of the molecule is Cc1c(N)cc(Br)cc1-c1nnnn1C1CCCOC1. The van der Waals surface area contributed by atoms with Crippen LogP contribution in [0.3, 0.4) is 0 Å². The molecule has 0 bridgehead atoms. The molecule has 0 radical (unpaired) electrons. The molecule has 7 heteroatoms. The van der Waals surface area contributed by atoms with E-state index in [1.54, 1.807) is 0 Å². The van der Waals surface area contributed by atoms with E-state index in [1.165, 1.54) is 0 Å². The number of aromatic nitrogens is 4. The largest absolute Gasteiger partial charge is 0.398 e. The van der Waals surface area contributed by atoms with Crippen LogP contribution >= 0.6 is 15.9 Å². The molecule has 1 atom stereocenters. The third kappa shape index (κ3) is 2.43. The topological polar surface area (TPSA) is 78.9 Å². The Bertz CT molecular complexity index is 621. The highest BCUT2D eigenvalue weighted by molar-refractivity contribution is 9.10. The minimum absolute atomic E-state index is 0.188. The average Bonchev–Trinajstić information content (AvgIpc) is 2.93. The molecule has 2 heterocycles. The van der Waals surface area contributed by atoms with E-state index in [-0.39, 0.29) is 6.04 Å². The number of hydrogen-bond donors (Lipinski definition) is 1. The molecule has 0 spiro atoms. The smallest absolute Gasteiger partial charge is 0.182 e. The summed E-state index contributed by atoms with van der Waals surface area (Å²) in [5, 5.41) is 12.1. The van der Waals surface area contributed by atoms with Crippen molar-refractivity contribution in [3.8, 4) is 11.4 Å². The maximum atomic E-state index is 6.02. The highest BCUT2D eigenvalue weighted by atomic mass is 79.9. The van der Waals surface area contributed by atoms with Gasteiger partial charge in [0.05, 0.1) is 12.6 Å². The third-order valence-corrected chi connectivity index (χ3v) is 4.09. The van der Waals surface area contributed by atoms with Crippen LogP contribution in [0, 0.1) is 6.92 Å². The second-order valence-corrected chi connectivity index (χ2v) is 5.90. The number of halogens is 1. The van der Waals surface area contributed by atoms with E-state index in [0.717, 1.165) is 46.6 Å². The van der Waals surface area contributed by atoms with Gasteiger partial charge in [-0.05, 0) is 47.9 Å². The number of nitrogens with two attached hydrogens (primary N) is 1. The Kier molecular flexibility index (Phi) is 3.71. The van der Waals surface area contributed by atoms with Gasteiger partial charge in [0.25, 0.3) is 0 Å². The fourth-order valence-electron chi connectivity index (χ4n) is 2.47. The van der Waals surface area contributed by atoms with Crippen molar-refractivity contribution in [2.45, 2.75) is 25.8 Å². The summed E-state index contributed by atoms with van der Waals surface area (Å²) < 4.78 is 8.30. The van der Waals surface area contributed by atoms with E-state index in [0.29, 0.717) is 6.61 Å². The fraction of sp³-hybridized carbons (Fsp3) is 0.462. The molecule has 6 nitrogen and oxygen atoms in total. The summed E-state index contributed by atoms with van der Waals surface area (Å²) in [6, 6.07) is 4.07. The van der Waals surface area contributed by atoms with Crippen LogP contribution in [0.1, 0.15) is 24.4 Å². The van der Waals surface area contributed by atoms with Gasteiger partial charge in [-0.1, -0.05) is 15.9 Å². The van der Waals surface area contributed by atoms with E-state index in [4.69, 9.17) is 10.5 Å². The van der Waals surface area contributed by atoms with Gasteiger partial charge in [0.15, 0.2) is 5.82 Å². The van der Waals surface area contributed by atoms with Gasteiger partial charge < -0.3 is 10.5 Å². The Morgan fingerprint density at radius 3 is 3.05 bits per heavy atom. The van der Waals surface area contributed by atoms with Crippen molar-refractivity contribution in [2.24, 2.45) is 0 Å². The first kappa shape index (κ1) is 13.5. The quantitative estimate of drug-likeness (QED) is 0.851. The standard InChI is InChI=1S/C13H16BrN5O/c1-8-11(5-9(14)6-12(8)15)13-16-17-18-19(13)10-3-2-4-20-7-10/h5-6,10H,2-4,7,15H2,1H3. The zero-order valence-electron chi connectivity index (χ0n) is 11.2. The van der Waals surface area contributed by atoms with Crippen molar-refractivity contribution in [3.63, 3.8) is 0 Å². The van der Waals surface area contributed by atoms with E-state index in [2.05, 4.69) is 31.5 Å². The first-order chi connectivity index (χ1) is 9.66. The highest BCUT2D eigenvalue weighted by Crippen LogP contribution is 2.31. The lowest BCUT2D eigenvalue weighted by molar-refractivity contribution is 0.0548. The minimum Gasteiger partial charge on any atom is -0.398 e. The van der Waals surface area contributed by atoms with Gasteiger partial charge in [-0.2, -0.15) is 0 Å². The van der Waals surface area contributed by atoms with Gasteiger partial charge in [-0.3, -0.25) is 0 Å². The lowest BCUT2D eigenvalue weighted by atomic mass is 10.1. The van der Waals surface area contributed by atoms with Crippen LogP contribution in [0.2, 0.25) is 0 Å². The van der Waals surface area contributed by atoms with E-state index >= 15 is 0 Å². The Hall–Kier alpha value is -1.47. The zero-order valence-corrected chi connectivity index (χ0v) is 12.8. The maximum Gasteiger partial charge on any atom is 0.182 e. The lowest BCUT2D eigenvalue weighted by Crippen LogP contribution is -2.23. The summed E-state index contributed by atoms with van der Waals surface area (Å²) in [5.41, 5.74) is 8.69. The molecular formula is C13H16BrN5O. The predicted molar refractivity (Wildman–Crippen MR) is 79.2 cm³/mol. The first-order valence-electron chi connectivity index (χ1n) is 6.58.